The van der Waals surface area contributed by atoms with Crippen LogP contribution in [-0.2, 0) is 16.8 Å². The predicted octanol–water partition coefficient (Wildman–Crippen LogP) is 1.60. The predicted molar refractivity (Wildman–Crippen MR) is 72.3 cm³/mol. The highest BCUT2D eigenvalue weighted by atomic mass is 16.1. The number of rotatable bonds is 5. The van der Waals surface area contributed by atoms with Crippen molar-refractivity contribution in [1.29, 1.82) is 0 Å². The molecular formula is C13H17N5O. The van der Waals surface area contributed by atoms with E-state index in [1.54, 1.807) is 0 Å². The largest absolute Gasteiger partial charge is 0.368 e. The van der Waals surface area contributed by atoms with Crippen LogP contribution < -0.4 is 11.1 Å². The fourth-order valence-electron chi connectivity index (χ4n) is 2.72. The fourth-order valence-corrected chi connectivity index (χ4v) is 2.72. The monoisotopic (exact) mass is 259 g/mol. The lowest BCUT2D eigenvalue weighted by molar-refractivity contribution is -0.125. The van der Waals surface area contributed by atoms with E-state index in [1.165, 1.54) is 0 Å². The number of primary amides is 1. The minimum atomic E-state index is -0.834. The second-order valence-corrected chi connectivity index (χ2v) is 4.66. The third kappa shape index (κ3) is 2.54. The molecule has 0 aliphatic heterocycles. The molecule has 0 saturated heterocycles. The third-order valence-corrected chi connectivity index (χ3v) is 3.60. The van der Waals surface area contributed by atoms with Gasteiger partial charge in [0.15, 0.2) is 0 Å². The lowest BCUT2D eigenvalue weighted by Crippen LogP contribution is -2.55. The molecule has 0 spiro atoms. The van der Waals surface area contributed by atoms with Gasteiger partial charge in [-0.05, 0) is 35.9 Å². The van der Waals surface area contributed by atoms with Gasteiger partial charge < -0.3 is 5.73 Å². The van der Waals surface area contributed by atoms with E-state index in [0.717, 1.165) is 24.0 Å². The van der Waals surface area contributed by atoms with Crippen LogP contribution in [-0.4, -0.2) is 19.0 Å². The molecule has 1 aromatic rings. The van der Waals surface area contributed by atoms with Crippen molar-refractivity contribution in [2.75, 3.05) is 13.1 Å². The number of aryl methyl sites for hydroxylation is 1. The molecule has 19 heavy (non-hydrogen) atoms. The molecule has 0 radical (unpaired) electrons. The Kier molecular flexibility index (Phi) is 4.04. The summed E-state index contributed by atoms with van der Waals surface area (Å²) < 4.78 is 0. The van der Waals surface area contributed by atoms with Gasteiger partial charge >= 0.3 is 0 Å². The standard InChI is InChI=1S/C13H17N5O/c14-12(19)13(16-8-9-17-18-15)7-3-5-10-4-1-2-6-11(10)13/h1-2,4,6,16H,3,5,7-9H2,(H2,14,19). The summed E-state index contributed by atoms with van der Waals surface area (Å²) in [6.07, 6.45) is 2.55. The van der Waals surface area contributed by atoms with Crippen molar-refractivity contribution in [1.82, 2.24) is 5.32 Å². The molecule has 0 fully saturated rings. The summed E-state index contributed by atoms with van der Waals surface area (Å²) in [5, 5.41) is 6.65. The van der Waals surface area contributed by atoms with Gasteiger partial charge in [0.2, 0.25) is 5.91 Å². The van der Waals surface area contributed by atoms with E-state index in [2.05, 4.69) is 15.3 Å². The van der Waals surface area contributed by atoms with Crippen LogP contribution in [0.2, 0.25) is 0 Å². The molecule has 0 aromatic heterocycles. The van der Waals surface area contributed by atoms with Crippen LogP contribution in [0.3, 0.4) is 0 Å². The number of nitrogens with two attached hydrogens (primary N) is 1. The summed E-state index contributed by atoms with van der Waals surface area (Å²) in [5.74, 6) is -0.374. The van der Waals surface area contributed by atoms with Crippen molar-refractivity contribution in [2.24, 2.45) is 10.8 Å². The molecule has 0 heterocycles. The second kappa shape index (κ2) is 5.73. The Hall–Kier alpha value is -2.04. The van der Waals surface area contributed by atoms with Crippen molar-refractivity contribution < 1.29 is 4.79 Å². The van der Waals surface area contributed by atoms with E-state index in [9.17, 15) is 4.79 Å². The van der Waals surface area contributed by atoms with Gasteiger partial charge in [-0.2, -0.15) is 0 Å². The zero-order valence-corrected chi connectivity index (χ0v) is 10.7. The summed E-state index contributed by atoms with van der Waals surface area (Å²) in [6, 6.07) is 7.86. The van der Waals surface area contributed by atoms with Gasteiger partial charge in [-0.1, -0.05) is 29.4 Å². The first-order valence-electron chi connectivity index (χ1n) is 6.35. The van der Waals surface area contributed by atoms with Gasteiger partial charge in [-0.25, -0.2) is 0 Å². The molecule has 0 saturated carbocycles. The number of carbonyl (C=O) groups excluding carboxylic acids is 1. The van der Waals surface area contributed by atoms with Crippen LogP contribution in [0.25, 0.3) is 10.4 Å². The second-order valence-electron chi connectivity index (χ2n) is 4.66. The summed E-state index contributed by atoms with van der Waals surface area (Å²) in [6.45, 7) is 0.731. The molecule has 1 aliphatic carbocycles. The zero-order valence-electron chi connectivity index (χ0n) is 10.7. The van der Waals surface area contributed by atoms with Crippen molar-refractivity contribution in [3.8, 4) is 0 Å². The molecule has 6 heteroatoms. The van der Waals surface area contributed by atoms with E-state index >= 15 is 0 Å². The molecule has 100 valence electrons. The van der Waals surface area contributed by atoms with Gasteiger partial charge in [0.1, 0.15) is 5.54 Å². The van der Waals surface area contributed by atoms with Gasteiger partial charge in [0, 0.05) is 18.0 Å². The van der Waals surface area contributed by atoms with Crippen molar-refractivity contribution >= 4 is 5.91 Å². The Labute approximate surface area is 111 Å². The Morgan fingerprint density at radius 1 is 1.53 bits per heavy atom. The molecular weight excluding hydrogens is 242 g/mol. The van der Waals surface area contributed by atoms with E-state index < -0.39 is 5.54 Å². The minimum absolute atomic E-state index is 0.299. The topological polar surface area (TPSA) is 104 Å². The van der Waals surface area contributed by atoms with E-state index in [-0.39, 0.29) is 5.91 Å². The van der Waals surface area contributed by atoms with Gasteiger partial charge in [0.25, 0.3) is 0 Å². The Morgan fingerprint density at radius 2 is 2.32 bits per heavy atom. The average Bonchev–Trinajstić information content (AvgIpc) is 2.43. The van der Waals surface area contributed by atoms with E-state index in [1.807, 2.05) is 24.3 Å². The van der Waals surface area contributed by atoms with Crippen LogP contribution >= 0.6 is 0 Å². The van der Waals surface area contributed by atoms with Crippen molar-refractivity contribution in [3.63, 3.8) is 0 Å². The summed E-state index contributed by atoms with van der Waals surface area (Å²) in [7, 11) is 0. The number of nitrogens with zero attached hydrogens (tertiary/aromatic N) is 3. The minimum Gasteiger partial charge on any atom is -0.368 e. The number of hydrogen-bond acceptors (Lipinski definition) is 3. The number of carbonyl (C=O) groups is 1. The van der Waals surface area contributed by atoms with Crippen molar-refractivity contribution in [3.05, 3.63) is 45.8 Å². The molecule has 0 bridgehead atoms. The van der Waals surface area contributed by atoms with E-state index in [0.29, 0.717) is 19.5 Å². The number of fused-ring (bicyclic) bond motifs is 1. The molecule has 1 atom stereocenters. The first-order chi connectivity index (χ1) is 9.20. The summed E-state index contributed by atoms with van der Waals surface area (Å²) >= 11 is 0. The Balaban J connectivity index is 2.30. The molecule has 1 unspecified atom stereocenters. The van der Waals surface area contributed by atoms with Crippen LogP contribution in [0, 0.1) is 0 Å². The van der Waals surface area contributed by atoms with Gasteiger partial charge in [0.05, 0.1) is 0 Å². The number of nitrogens with one attached hydrogen (secondary N) is 1. The molecule has 6 nitrogen and oxygen atoms in total. The summed E-state index contributed by atoms with van der Waals surface area (Å²) in [5.41, 5.74) is 15.2. The van der Waals surface area contributed by atoms with Gasteiger partial charge in [-0.3, -0.25) is 10.1 Å². The normalized spacial score (nSPS) is 21.3. The highest BCUT2D eigenvalue weighted by Gasteiger charge is 2.41. The van der Waals surface area contributed by atoms with E-state index in [4.69, 9.17) is 11.3 Å². The molecule has 2 rings (SSSR count). The Morgan fingerprint density at radius 3 is 3.05 bits per heavy atom. The molecule has 3 N–H and O–H groups in total. The lowest BCUT2D eigenvalue weighted by Gasteiger charge is -2.37. The number of amides is 1. The average molecular weight is 259 g/mol. The first-order valence-corrected chi connectivity index (χ1v) is 6.35. The zero-order chi connectivity index (χ0) is 13.7. The van der Waals surface area contributed by atoms with Crippen LogP contribution in [0.4, 0.5) is 0 Å². The maximum atomic E-state index is 12.0. The van der Waals surface area contributed by atoms with Gasteiger partial charge in [-0.15, -0.1) is 0 Å². The highest BCUT2D eigenvalue weighted by Crippen LogP contribution is 2.35. The smallest absolute Gasteiger partial charge is 0.242 e. The molecule has 1 aromatic carbocycles. The number of hydrogen-bond donors (Lipinski definition) is 2. The summed E-state index contributed by atoms with van der Waals surface area (Å²) in [4.78, 5) is 14.7. The maximum absolute atomic E-state index is 12.0. The maximum Gasteiger partial charge on any atom is 0.242 e. The number of azide groups is 1. The fraction of sp³-hybridized carbons (Fsp3) is 0.462. The van der Waals surface area contributed by atoms with Crippen LogP contribution in [0.1, 0.15) is 24.0 Å². The van der Waals surface area contributed by atoms with Crippen LogP contribution in [0.5, 0.6) is 0 Å². The SMILES string of the molecule is [N-]=[N+]=NCCNC1(C(N)=O)CCCc2ccccc21. The number of benzene rings is 1. The third-order valence-electron chi connectivity index (χ3n) is 3.60. The van der Waals surface area contributed by atoms with Crippen LogP contribution in [0.15, 0.2) is 29.4 Å². The molecule has 1 aliphatic rings. The highest BCUT2D eigenvalue weighted by molar-refractivity contribution is 5.87. The van der Waals surface area contributed by atoms with Crippen molar-refractivity contribution in [2.45, 2.75) is 24.8 Å². The quantitative estimate of drug-likeness (QED) is 0.363. The molecule has 1 amide bonds. The lowest BCUT2D eigenvalue weighted by atomic mass is 9.76. The first kappa shape index (κ1) is 13.4. The Bertz CT molecular complexity index is 524.